The average molecular weight is 316 g/mol. The third-order valence-electron chi connectivity index (χ3n) is 4.07. The van der Waals surface area contributed by atoms with Crippen LogP contribution in [0.15, 0.2) is 12.1 Å². The molecular formula is C16H17FN4O2. The van der Waals surface area contributed by atoms with Crippen molar-refractivity contribution in [3.8, 4) is 0 Å². The first-order valence-corrected chi connectivity index (χ1v) is 7.30. The van der Waals surface area contributed by atoms with Crippen LogP contribution in [-0.2, 0) is 18.3 Å². The van der Waals surface area contributed by atoms with E-state index in [4.69, 9.17) is 0 Å². The van der Waals surface area contributed by atoms with E-state index in [1.54, 1.807) is 25.6 Å². The Morgan fingerprint density at radius 3 is 2.74 bits per heavy atom. The minimum atomic E-state index is -0.521. The topological polar surface area (TPSA) is 76.0 Å². The van der Waals surface area contributed by atoms with Crippen LogP contribution in [0.3, 0.4) is 0 Å². The number of anilines is 2. The molecule has 1 aromatic heterocycles. The maximum Gasteiger partial charge on any atom is 0.259 e. The first-order valence-electron chi connectivity index (χ1n) is 7.30. The smallest absolute Gasteiger partial charge is 0.259 e. The molecule has 0 fully saturated rings. The molecule has 23 heavy (non-hydrogen) atoms. The van der Waals surface area contributed by atoms with Crippen LogP contribution in [0.1, 0.15) is 33.7 Å². The van der Waals surface area contributed by atoms with E-state index in [1.165, 1.54) is 12.1 Å². The summed E-state index contributed by atoms with van der Waals surface area (Å²) in [5.41, 5.74) is 3.01. The Kier molecular flexibility index (Phi) is 3.63. The highest BCUT2D eigenvalue weighted by atomic mass is 19.1. The van der Waals surface area contributed by atoms with Crippen molar-refractivity contribution in [3.05, 3.63) is 40.5 Å². The van der Waals surface area contributed by atoms with Gasteiger partial charge >= 0.3 is 0 Å². The zero-order valence-electron chi connectivity index (χ0n) is 13.2. The first-order chi connectivity index (χ1) is 10.9. The number of nitrogens with one attached hydrogen (secondary N) is 2. The molecule has 6 nitrogen and oxygen atoms in total. The van der Waals surface area contributed by atoms with Gasteiger partial charge in [-0.05, 0) is 38.0 Å². The summed E-state index contributed by atoms with van der Waals surface area (Å²) < 4.78 is 15.8. The van der Waals surface area contributed by atoms with E-state index in [1.807, 2.05) is 0 Å². The number of aryl methyl sites for hydroxylation is 3. The number of amides is 2. The van der Waals surface area contributed by atoms with Crippen LogP contribution in [-0.4, -0.2) is 21.6 Å². The zero-order valence-corrected chi connectivity index (χ0v) is 13.2. The van der Waals surface area contributed by atoms with Gasteiger partial charge in [0.25, 0.3) is 5.91 Å². The molecule has 0 unspecified atom stereocenters. The van der Waals surface area contributed by atoms with Crippen LogP contribution < -0.4 is 10.6 Å². The molecule has 2 heterocycles. The molecular weight excluding hydrogens is 299 g/mol. The summed E-state index contributed by atoms with van der Waals surface area (Å²) >= 11 is 0. The molecule has 0 saturated carbocycles. The van der Waals surface area contributed by atoms with Crippen molar-refractivity contribution in [2.75, 3.05) is 10.6 Å². The lowest BCUT2D eigenvalue weighted by molar-refractivity contribution is -0.116. The van der Waals surface area contributed by atoms with Crippen LogP contribution in [0, 0.1) is 19.7 Å². The monoisotopic (exact) mass is 316 g/mol. The lowest BCUT2D eigenvalue weighted by Crippen LogP contribution is -2.20. The normalized spacial score (nSPS) is 13.5. The molecule has 0 atom stereocenters. The molecule has 1 aliphatic rings. The van der Waals surface area contributed by atoms with E-state index in [0.717, 1.165) is 5.56 Å². The number of hydrogen-bond acceptors (Lipinski definition) is 3. The number of halogens is 1. The lowest BCUT2D eigenvalue weighted by Gasteiger charge is -2.18. The molecule has 2 aromatic rings. The number of carbonyl (C=O) groups is 2. The fraction of sp³-hybridized carbons (Fsp3) is 0.312. The second-order valence-corrected chi connectivity index (χ2v) is 5.66. The predicted molar refractivity (Wildman–Crippen MR) is 84.0 cm³/mol. The molecule has 0 radical (unpaired) electrons. The van der Waals surface area contributed by atoms with Gasteiger partial charge in [-0.3, -0.25) is 14.3 Å². The largest absolute Gasteiger partial charge is 0.326 e. The van der Waals surface area contributed by atoms with E-state index in [0.29, 0.717) is 35.5 Å². The quantitative estimate of drug-likeness (QED) is 0.892. The Hall–Kier alpha value is -2.70. The van der Waals surface area contributed by atoms with Crippen molar-refractivity contribution in [1.82, 2.24) is 9.78 Å². The van der Waals surface area contributed by atoms with Crippen molar-refractivity contribution in [2.24, 2.45) is 7.05 Å². The molecule has 0 aliphatic carbocycles. The minimum absolute atomic E-state index is 0.0404. The Balaban J connectivity index is 1.92. The molecule has 1 aromatic carbocycles. The SMILES string of the molecule is Cc1nn(C)c(C)c1C(=O)Nc1cc2c(cc1F)CCC(=O)N2. The zero-order chi connectivity index (χ0) is 16.7. The first kappa shape index (κ1) is 15.2. The van der Waals surface area contributed by atoms with E-state index >= 15 is 0 Å². The summed E-state index contributed by atoms with van der Waals surface area (Å²) in [6.45, 7) is 3.50. The third-order valence-corrected chi connectivity index (χ3v) is 4.07. The van der Waals surface area contributed by atoms with Crippen molar-refractivity contribution >= 4 is 23.2 Å². The van der Waals surface area contributed by atoms with Gasteiger partial charge in [-0.15, -0.1) is 0 Å². The molecule has 3 rings (SSSR count). The van der Waals surface area contributed by atoms with Gasteiger partial charge in [-0.25, -0.2) is 4.39 Å². The Bertz CT molecular complexity index is 826. The molecule has 0 saturated heterocycles. The Morgan fingerprint density at radius 2 is 2.09 bits per heavy atom. The number of aromatic nitrogens is 2. The molecule has 0 spiro atoms. The number of fused-ring (bicyclic) bond motifs is 1. The van der Waals surface area contributed by atoms with Gasteiger partial charge < -0.3 is 10.6 Å². The summed E-state index contributed by atoms with van der Waals surface area (Å²) in [6.07, 6.45) is 0.833. The lowest BCUT2D eigenvalue weighted by atomic mass is 10.0. The summed E-state index contributed by atoms with van der Waals surface area (Å²) in [7, 11) is 1.74. The number of nitrogens with zero attached hydrogens (tertiary/aromatic N) is 2. The second kappa shape index (κ2) is 5.49. The molecule has 120 valence electrons. The summed E-state index contributed by atoms with van der Waals surface area (Å²) in [6, 6.07) is 2.81. The van der Waals surface area contributed by atoms with Gasteiger partial charge in [0.1, 0.15) is 5.82 Å². The van der Waals surface area contributed by atoms with Gasteiger partial charge in [0.2, 0.25) is 5.91 Å². The standard InChI is InChI=1S/C16H17FN4O2/c1-8-15(9(2)21(3)20-8)16(23)19-13-7-12-10(6-11(13)17)4-5-14(22)18-12/h6-7H,4-5H2,1-3H3,(H,18,22)(H,19,23). The fourth-order valence-corrected chi connectivity index (χ4v) is 2.78. The Labute approximate surface area is 132 Å². The number of benzene rings is 1. The second-order valence-electron chi connectivity index (χ2n) is 5.66. The highest BCUT2D eigenvalue weighted by Crippen LogP contribution is 2.29. The average Bonchev–Trinajstić information content (AvgIpc) is 2.73. The number of rotatable bonds is 2. The van der Waals surface area contributed by atoms with Crippen molar-refractivity contribution in [1.29, 1.82) is 0 Å². The molecule has 7 heteroatoms. The molecule has 1 aliphatic heterocycles. The summed E-state index contributed by atoms with van der Waals surface area (Å²) in [5.74, 6) is -1.05. The van der Waals surface area contributed by atoms with Crippen LogP contribution in [0.2, 0.25) is 0 Å². The molecule has 2 N–H and O–H groups in total. The summed E-state index contributed by atoms with van der Waals surface area (Å²) in [4.78, 5) is 23.9. The van der Waals surface area contributed by atoms with Crippen LogP contribution in [0.4, 0.5) is 15.8 Å². The van der Waals surface area contributed by atoms with E-state index in [-0.39, 0.29) is 11.6 Å². The number of carbonyl (C=O) groups excluding carboxylic acids is 2. The van der Waals surface area contributed by atoms with Crippen LogP contribution in [0.5, 0.6) is 0 Å². The third kappa shape index (κ3) is 2.69. The van der Waals surface area contributed by atoms with Gasteiger partial charge in [0, 0.05) is 24.8 Å². The number of hydrogen-bond donors (Lipinski definition) is 2. The summed E-state index contributed by atoms with van der Waals surface area (Å²) in [5, 5.41) is 9.44. The maximum absolute atomic E-state index is 14.2. The minimum Gasteiger partial charge on any atom is -0.326 e. The van der Waals surface area contributed by atoms with Gasteiger partial charge in [0.05, 0.1) is 16.9 Å². The van der Waals surface area contributed by atoms with Crippen LogP contribution >= 0.6 is 0 Å². The Morgan fingerprint density at radius 1 is 1.35 bits per heavy atom. The van der Waals surface area contributed by atoms with Gasteiger partial charge in [-0.2, -0.15) is 5.10 Å². The molecule has 2 amide bonds. The van der Waals surface area contributed by atoms with Crippen molar-refractivity contribution in [2.45, 2.75) is 26.7 Å². The molecule has 0 bridgehead atoms. The van der Waals surface area contributed by atoms with E-state index < -0.39 is 11.7 Å². The fourth-order valence-electron chi connectivity index (χ4n) is 2.78. The van der Waals surface area contributed by atoms with E-state index in [2.05, 4.69) is 15.7 Å². The van der Waals surface area contributed by atoms with Crippen molar-refractivity contribution < 1.29 is 14.0 Å². The van der Waals surface area contributed by atoms with E-state index in [9.17, 15) is 14.0 Å². The maximum atomic E-state index is 14.2. The van der Waals surface area contributed by atoms with Gasteiger partial charge in [0.15, 0.2) is 0 Å². The highest BCUT2D eigenvalue weighted by Gasteiger charge is 2.21. The van der Waals surface area contributed by atoms with Crippen LogP contribution in [0.25, 0.3) is 0 Å². The highest BCUT2D eigenvalue weighted by molar-refractivity contribution is 6.06. The van der Waals surface area contributed by atoms with Crippen molar-refractivity contribution in [3.63, 3.8) is 0 Å². The predicted octanol–water partition coefficient (Wildman–Crippen LogP) is 2.31. The van der Waals surface area contributed by atoms with Gasteiger partial charge in [-0.1, -0.05) is 0 Å².